The first-order valence-corrected chi connectivity index (χ1v) is 4.65. The topological polar surface area (TPSA) is 66.4 Å². The van der Waals surface area contributed by atoms with Crippen LogP contribution in [0.25, 0.3) is 0 Å². The van der Waals surface area contributed by atoms with Crippen LogP contribution in [0.2, 0.25) is 5.02 Å². The van der Waals surface area contributed by atoms with Gasteiger partial charge >= 0.3 is 5.97 Å². The maximum Gasteiger partial charge on any atom is 0.312 e. The minimum atomic E-state index is -1.17. The monoisotopic (exact) mass is 227 g/mol. The summed E-state index contributed by atoms with van der Waals surface area (Å²) in [5.41, 5.74) is 1.26. The van der Waals surface area contributed by atoms with Crippen molar-refractivity contribution in [1.29, 1.82) is 0 Å². The Bertz CT molecular complexity index is 404. The van der Waals surface area contributed by atoms with Crippen LogP contribution in [-0.4, -0.2) is 17.0 Å². The quantitative estimate of drug-likeness (QED) is 0.777. The van der Waals surface area contributed by atoms with Crippen molar-refractivity contribution in [3.63, 3.8) is 0 Å². The maximum atomic E-state index is 11.1. The normalized spacial score (nSPS) is 9.73. The number of amides is 1. The molecule has 0 aliphatic heterocycles. The lowest BCUT2D eigenvalue weighted by molar-refractivity contribution is -0.139. The summed E-state index contributed by atoms with van der Waals surface area (Å²) in [5.74, 6) is -1.76. The van der Waals surface area contributed by atoms with Gasteiger partial charge in [-0.05, 0) is 18.6 Å². The Morgan fingerprint density at radius 3 is 2.73 bits per heavy atom. The molecular formula is C10H10ClNO3. The van der Waals surface area contributed by atoms with Gasteiger partial charge in [-0.1, -0.05) is 23.7 Å². The number of anilines is 1. The van der Waals surface area contributed by atoms with E-state index in [4.69, 9.17) is 16.7 Å². The molecule has 0 aliphatic rings. The number of rotatable bonds is 3. The van der Waals surface area contributed by atoms with Gasteiger partial charge in [-0.2, -0.15) is 0 Å². The number of nitrogens with one attached hydrogen (secondary N) is 1. The molecule has 0 saturated heterocycles. The molecule has 1 aromatic carbocycles. The van der Waals surface area contributed by atoms with Crippen LogP contribution >= 0.6 is 11.6 Å². The second-order valence-electron chi connectivity index (χ2n) is 3.06. The Morgan fingerprint density at radius 1 is 1.47 bits per heavy atom. The van der Waals surface area contributed by atoms with E-state index in [1.54, 1.807) is 25.1 Å². The highest BCUT2D eigenvalue weighted by Gasteiger charge is 2.10. The molecule has 5 heteroatoms. The summed E-state index contributed by atoms with van der Waals surface area (Å²) in [6.45, 7) is 1.80. The SMILES string of the molecule is Cc1cccc(NC(=O)CC(=O)O)c1Cl. The van der Waals surface area contributed by atoms with Crippen LogP contribution in [0.1, 0.15) is 12.0 Å². The average Bonchev–Trinajstić information content (AvgIpc) is 2.11. The molecule has 0 bridgehead atoms. The molecule has 0 atom stereocenters. The van der Waals surface area contributed by atoms with Crippen molar-refractivity contribution in [1.82, 2.24) is 0 Å². The van der Waals surface area contributed by atoms with E-state index in [1.807, 2.05) is 0 Å². The Balaban J connectivity index is 2.77. The van der Waals surface area contributed by atoms with E-state index in [2.05, 4.69) is 5.32 Å². The molecular weight excluding hydrogens is 218 g/mol. The number of carboxylic acids is 1. The van der Waals surface area contributed by atoms with Crippen LogP contribution < -0.4 is 5.32 Å². The molecule has 4 nitrogen and oxygen atoms in total. The summed E-state index contributed by atoms with van der Waals surface area (Å²) >= 11 is 5.91. The van der Waals surface area contributed by atoms with Gasteiger partial charge in [0, 0.05) is 0 Å². The molecule has 0 unspecified atom stereocenters. The third-order valence-electron chi connectivity index (χ3n) is 1.78. The molecule has 0 aliphatic carbocycles. The minimum absolute atomic E-state index is 0.427. The zero-order chi connectivity index (χ0) is 11.4. The predicted octanol–water partition coefficient (Wildman–Crippen LogP) is 2.06. The summed E-state index contributed by atoms with van der Waals surface area (Å²) in [5, 5.41) is 11.2. The maximum absolute atomic E-state index is 11.1. The van der Waals surface area contributed by atoms with Crippen molar-refractivity contribution >= 4 is 29.2 Å². The van der Waals surface area contributed by atoms with Crippen molar-refractivity contribution in [2.24, 2.45) is 0 Å². The Labute approximate surface area is 91.9 Å². The number of carbonyl (C=O) groups is 2. The van der Waals surface area contributed by atoms with Gasteiger partial charge in [-0.15, -0.1) is 0 Å². The van der Waals surface area contributed by atoms with Gasteiger partial charge in [-0.25, -0.2) is 0 Å². The lowest BCUT2D eigenvalue weighted by Crippen LogP contribution is -2.16. The van der Waals surface area contributed by atoms with Crippen molar-refractivity contribution < 1.29 is 14.7 Å². The van der Waals surface area contributed by atoms with E-state index < -0.39 is 18.3 Å². The zero-order valence-corrected chi connectivity index (χ0v) is 8.84. The predicted molar refractivity (Wildman–Crippen MR) is 57.1 cm³/mol. The van der Waals surface area contributed by atoms with Crippen molar-refractivity contribution in [2.45, 2.75) is 13.3 Å². The second-order valence-corrected chi connectivity index (χ2v) is 3.43. The molecule has 80 valence electrons. The summed E-state index contributed by atoms with van der Waals surface area (Å²) in [6.07, 6.45) is -0.565. The lowest BCUT2D eigenvalue weighted by atomic mass is 10.2. The number of carbonyl (C=O) groups excluding carboxylic acids is 1. The third kappa shape index (κ3) is 3.25. The van der Waals surface area contributed by atoms with Crippen molar-refractivity contribution in [2.75, 3.05) is 5.32 Å². The number of benzene rings is 1. The van der Waals surface area contributed by atoms with Gasteiger partial charge in [0.25, 0.3) is 0 Å². The molecule has 1 amide bonds. The molecule has 1 aromatic rings. The largest absolute Gasteiger partial charge is 0.481 e. The van der Waals surface area contributed by atoms with Gasteiger partial charge in [-0.3, -0.25) is 9.59 Å². The van der Waals surface area contributed by atoms with E-state index in [0.29, 0.717) is 10.7 Å². The fourth-order valence-corrected chi connectivity index (χ4v) is 1.25. The van der Waals surface area contributed by atoms with E-state index >= 15 is 0 Å². The first-order valence-electron chi connectivity index (χ1n) is 4.27. The van der Waals surface area contributed by atoms with E-state index in [0.717, 1.165) is 5.56 Å². The molecule has 1 rings (SSSR count). The molecule has 0 fully saturated rings. The third-order valence-corrected chi connectivity index (χ3v) is 2.28. The van der Waals surface area contributed by atoms with Gasteiger partial charge in [0.05, 0.1) is 10.7 Å². The summed E-state index contributed by atoms with van der Waals surface area (Å²) in [7, 11) is 0. The minimum Gasteiger partial charge on any atom is -0.481 e. The first kappa shape index (κ1) is 11.5. The van der Waals surface area contributed by atoms with Crippen molar-refractivity contribution in [3.05, 3.63) is 28.8 Å². The average molecular weight is 228 g/mol. The number of aryl methyl sites for hydroxylation is 1. The number of aliphatic carboxylic acids is 1. The highest BCUT2D eigenvalue weighted by molar-refractivity contribution is 6.34. The Morgan fingerprint density at radius 2 is 2.13 bits per heavy atom. The highest BCUT2D eigenvalue weighted by atomic mass is 35.5. The van der Waals surface area contributed by atoms with Gasteiger partial charge in [0.15, 0.2) is 0 Å². The number of hydrogen-bond acceptors (Lipinski definition) is 2. The highest BCUT2D eigenvalue weighted by Crippen LogP contribution is 2.24. The molecule has 15 heavy (non-hydrogen) atoms. The molecule has 0 spiro atoms. The Kier molecular flexibility index (Phi) is 3.68. The van der Waals surface area contributed by atoms with E-state index in [1.165, 1.54) is 0 Å². The van der Waals surface area contributed by atoms with Gasteiger partial charge < -0.3 is 10.4 Å². The van der Waals surface area contributed by atoms with E-state index in [9.17, 15) is 9.59 Å². The summed E-state index contributed by atoms with van der Waals surface area (Å²) in [4.78, 5) is 21.4. The molecule has 0 heterocycles. The molecule has 2 N–H and O–H groups in total. The van der Waals surface area contributed by atoms with Crippen LogP contribution in [0.4, 0.5) is 5.69 Å². The van der Waals surface area contributed by atoms with Crippen LogP contribution in [0, 0.1) is 6.92 Å². The molecule has 0 aromatic heterocycles. The van der Waals surface area contributed by atoms with E-state index in [-0.39, 0.29) is 0 Å². The summed E-state index contributed by atoms with van der Waals surface area (Å²) in [6, 6.07) is 5.15. The van der Waals surface area contributed by atoms with Gasteiger partial charge in [0.1, 0.15) is 6.42 Å². The van der Waals surface area contributed by atoms with Crippen molar-refractivity contribution in [3.8, 4) is 0 Å². The first-order chi connectivity index (χ1) is 7.00. The second kappa shape index (κ2) is 4.79. The standard InChI is InChI=1S/C10H10ClNO3/c1-6-3-2-4-7(10(6)11)12-8(13)5-9(14)15/h2-4H,5H2,1H3,(H,12,13)(H,14,15). The van der Waals surface area contributed by atoms with Crippen LogP contribution in [0.15, 0.2) is 18.2 Å². The molecule has 0 radical (unpaired) electrons. The van der Waals surface area contributed by atoms with Crippen LogP contribution in [0.3, 0.4) is 0 Å². The lowest BCUT2D eigenvalue weighted by Gasteiger charge is -2.07. The number of carboxylic acid groups (broad SMARTS) is 1. The smallest absolute Gasteiger partial charge is 0.312 e. The van der Waals surface area contributed by atoms with Crippen LogP contribution in [0.5, 0.6) is 0 Å². The Hall–Kier alpha value is -1.55. The fourth-order valence-electron chi connectivity index (χ4n) is 1.08. The van der Waals surface area contributed by atoms with Gasteiger partial charge in [0.2, 0.25) is 5.91 Å². The molecule has 0 saturated carbocycles. The summed E-state index contributed by atoms with van der Waals surface area (Å²) < 4.78 is 0. The van der Waals surface area contributed by atoms with Crippen LogP contribution in [-0.2, 0) is 9.59 Å². The zero-order valence-electron chi connectivity index (χ0n) is 8.08. The number of hydrogen-bond donors (Lipinski definition) is 2. The number of halogens is 1. The fraction of sp³-hybridized carbons (Fsp3) is 0.200.